The second-order valence-corrected chi connectivity index (χ2v) is 13.6. The lowest BCUT2D eigenvalue weighted by atomic mass is 10.0. The molecule has 16 nitrogen and oxygen atoms in total. The average molecular weight is 876 g/mol. The van der Waals surface area contributed by atoms with E-state index in [0.29, 0.717) is 47.3 Å². The number of aryl methyl sites for hydroxylation is 3. The van der Waals surface area contributed by atoms with Gasteiger partial charge < -0.3 is 25.2 Å². The van der Waals surface area contributed by atoms with Crippen molar-refractivity contribution in [3.63, 3.8) is 0 Å². The Balaban J connectivity index is 0.000000205. The number of imidazole rings is 1. The largest absolute Gasteiger partial charge is 0.493 e. The van der Waals surface area contributed by atoms with Crippen LogP contribution in [0, 0.1) is 20.8 Å². The number of carbonyl (C=O) groups is 2. The van der Waals surface area contributed by atoms with Gasteiger partial charge in [0, 0.05) is 42.2 Å². The Labute approximate surface area is 365 Å². The first-order chi connectivity index (χ1) is 30.8. The Morgan fingerprint density at radius 1 is 0.797 bits per heavy atom. The number of methoxy groups -OCH3 is 1. The van der Waals surface area contributed by atoms with Crippen LogP contribution in [0.5, 0.6) is 11.8 Å². The number of pyridine rings is 1. The van der Waals surface area contributed by atoms with Gasteiger partial charge in [0.25, 0.3) is 11.8 Å². The maximum atomic E-state index is 13.4. The minimum Gasteiger partial charge on any atom is -0.493 e. The highest BCUT2D eigenvalue weighted by atomic mass is 19.4. The van der Waals surface area contributed by atoms with Gasteiger partial charge in [-0.1, -0.05) is 44.2 Å². The van der Waals surface area contributed by atoms with Crippen LogP contribution in [0.1, 0.15) is 63.6 Å². The Morgan fingerprint density at radius 3 is 2.27 bits per heavy atom. The molecule has 0 aliphatic carbocycles. The van der Waals surface area contributed by atoms with E-state index in [-0.39, 0.29) is 46.8 Å². The summed E-state index contributed by atoms with van der Waals surface area (Å²) in [5.74, 6) is 0.419. The molecule has 0 radical (unpaired) electrons. The first-order valence-electron chi connectivity index (χ1n) is 20.0. The van der Waals surface area contributed by atoms with E-state index in [1.165, 1.54) is 65.1 Å². The molecule has 0 saturated carbocycles. The topological polar surface area (TPSA) is 196 Å². The van der Waals surface area contributed by atoms with Gasteiger partial charge in [0.1, 0.15) is 22.9 Å². The van der Waals surface area contributed by atoms with E-state index in [4.69, 9.17) is 14.6 Å². The van der Waals surface area contributed by atoms with Gasteiger partial charge in [-0.3, -0.25) is 9.59 Å². The Kier molecular flexibility index (Phi) is 14.6. The zero-order valence-electron chi connectivity index (χ0n) is 35.7. The van der Waals surface area contributed by atoms with Crippen molar-refractivity contribution in [2.45, 2.75) is 47.2 Å². The SMILES string of the molecule is CC.COc1nccc(NC(=O)c2c(C)nn3ccc(-c4ccccc4C(F)(F)F)nc23)n1.Cc1cc(C)nc(NC(=O)c2cnc3ccc(-c4ccccc4OCCCO)nn23)c1. The first-order valence-corrected chi connectivity index (χ1v) is 20.0. The van der Waals surface area contributed by atoms with E-state index in [0.717, 1.165) is 22.9 Å². The number of fused-ring (bicyclic) bond motifs is 2. The number of anilines is 2. The van der Waals surface area contributed by atoms with Crippen molar-refractivity contribution in [1.82, 2.24) is 44.1 Å². The van der Waals surface area contributed by atoms with Crippen molar-refractivity contribution in [3.05, 3.63) is 137 Å². The molecule has 8 rings (SSSR count). The minimum atomic E-state index is -4.55. The highest BCUT2D eigenvalue weighted by Gasteiger charge is 2.34. The minimum absolute atomic E-state index is 0.0647. The number of hydrogen-bond acceptors (Lipinski definition) is 12. The average Bonchev–Trinajstić information content (AvgIpc) is 3.86. The zero-order chi connectivity index (χ0) is 46.0. The van der Waals surface area contributed by atoms with Crippen molar-refractivity contribution >= 4 is 34.7 Å². The van der Waals surface area contributed by atoms with E-state index in [1.54, 1.807) is 13.0 Å². The number of hydrogen-bond donors (Lipinski definition) is 3. The molecule has 330 valence electrons. The summed E-state index contributed by atoms with van der Waals surface area (Å²) in [7, 11) is 1.39. The normalized spacial score (nSPS) is 11.0. The third-order valence-corrected chi connectivity index (χ3v) is 9.11. The summed E-state index contributed by atoms with van der Waals surface area (Å²) in [6.07, 6.45) is 0.358. The smallest absolute Gasteiger partial charge is 0.417 e. The number of amides is 2. The van der Waals surface area contributed by atoms with Crippen LogP contribution in [-0.2, 0) is 6.18 Å². The number of alkyl halides is 3. The van der Waals surface area contributed by atoms with Gasteiger partial charge in [-0.05, 0) is 80.9 Å². The van der Waals surface area contributed by atoms with Crippen LogP contribution in [-0.4, -0.2) is 81.4 Å². The Morgan fingerprint density at radius 2 is 1.53 bits per heavy atom. The number of rotatable bonds is 11. The highest BCUT2D eigenvalue weighted by molar-refractivity contribution is 6.09. The van der Waals surface area contributed by atoms with Crippen LogP contribution in [0.25, 0.3) is 33.8 Å². The summed E-state index contributed by atoms with van der Waals surface area (Å²) < 4.78 is 53.9. The number of nitrogens with one attached hydrogen (secondary N) is 2. The number of aliphatic hydroxyl groups is 1. The molecular weight excluding hydrogens is 832 g/mol. The van der Waals surface area contributed by atoms with Gasteiger partial charge in [-0.25, -0.2) is 29.0 Å². The fourth-order valence-electron chi connectivity index (χ4n) is 6.40. The monoisotopic (exact) mass is 875 g/mol. The van der Waals surface area contributed by atoms with Crippen molar-refractivity contribution < 1.29 is 37.3 Å². The first kappa shape index (κ1) is 45.7. The molecule has 0 bridgehead atoms. The molecule has 64 heavy (non-hydrogen) atoms. The predicted molar refractivity (Wildman–Crippen MR) is 233 cm³/mol. The molecular formula is C45H44F3N11O5. The molecule has 0 aliphatic rings. The number of carbonyl (C=O) groups excluding carboxylic acids is 2. The van der Waals surface area contributed by atoms with Gasteiger partial charge in [0.05, 0.1) is 42.6 Å². The molecule has 0 atom stereocenters. The zero-order valence-corrected chi connectivity index (χ0v) is 35.7. The highest BCUT2D eigenvalue weighted by Crippen LogP contribution is 2.36. The second-order valence-electron chi connectivity index (χ2n) is 13.6. The van der Waals surface area contributed by atoms with Gasteiger partial charge >= 0.3 is 12.2 Å². The lowest BCUT2D eigenvalue weighted by Gasteiger charge is -2.12. The Hall–Kier alpha value is -7.80. The van der Waals surface area contributed by atoms with E-state index in [9.17, 15) is 22.8 Å². The molecule has 0 saturated heterocycles. The van der Waals surface area contributed by atoms with E-state index in [1.807, 2.05) is 70.2 Å². The van der Waals surface area contributed by atoms with E-state index >= 15 is 0 Å². The van der Waals surface area contributed by atoms with Crippen LogP contribution in [0.15, 0.2) is 104 Å². The van der Waals surface area contributed by atoms with Crippen LogP contribution >= 0.6 is 0 Å². The van der Waals surface area contributed by atoms with Crippen LogP contribution < -0.4 is 20.1 Å². The lowest BCUT2D eigenvalue weighted by Crippen LogP contribution is -2.16. The number of para-hydroxylation sites is 1. The molecule has 0 spiro atoms. The van der Waals surface area contributed by atoms with Crippen LogP contribution in [0.2, 0.25) is 0 Å². The number of aromatic nitrogens is 9. The molecule has 3 N–H and O–H groups in total. The van der Waals surface area contributed by atoms with E-state index < -0.39 is 17.6 Å². The fraction of sp³-hybridized carbons (Fsp3) is 0.222. The summed E-state index contributed by atoms with van der Waals surface area (Å²) in [4.78, 5) is 46.7. The summed E-state index contributed by atoms with van der Waals surface area (Å²) in [6.45, 7) is 9.90. The molecule has 2 aromatic carbocycles. The summed E-state index contributed by atoms with van der Waals surface area (Å²) >= 11 is 0. The molecule has 2 amide bonds. The molecule has 6 aromatic heterocycles. The summed E-state index contributed by atoms with van der Waals surface area (Å²) in [5, 5.41) is 23.3. The maximum Gasteiger partial charge on any atom is 0.417 e. The maximum absolute atomic E-state index is 13.4. The molecule has 0 fully saturated rings. The predicted octanol–water partition coefficient (Wildman–Crippen LogP) is 8.22. The van der Waals surface area contributed by atoms with Gasteiger partial charge in [-0.2, -0.15) is 28.4 Å². The molecule has 6 heterocycles. The van der Waals surface area contributed by atoms with Gasteiger partial charge in [0.15, 0.2) is 17.0 Å². The number of ether oxygens (including phenoxy) is 2. The fourth-order valence-corrected chi connectivity index (χ4v) is 6.40. The van der Waals surface area contributed by atoms with Gasteiger partial charge in [0.2, 0.25) is 0 Å². The number of nitrogens with zero attached hydrogens (tertiary/aromatic N) is 9. The van der Waals surface area contributed by atoms with E-state index in [2.05, 4.69) is 45.8 Å². The third kappa shape index (κ3) is 10.6. The van der Waals surface area contributed by atoms with Crippen molar-refractivity contribution in [2.24, 2.45) is 0 Å². The van der Waals surface area contributed by atoms with Crippen LogP contribution in [0.3, 0.4) is 0 Å². The lowest BCUT2D eigenvalue weighted by molar-refractivity contribution is -0.137. The van der Waals surface area contributed by atoms with Gasteiger partial charge in [-0.15, -0.1) is 0 Å². The van der Waals surface area contributed by atoms with Crippen molar-refractivity contribution in [3.8, 4) is 34.3 Å². The quantitative estimate of drug-likeness (QED) is 0.106. The molecule has 0 unspecified atom stereocenters. The number of aliphatic hydroxyl groups excluding tert-OH is 1. The van der Waals surface area contributed by atoms with Crippen molar-refractivity contribution in [2.75, 3.05) is 31.0 Å². The summed E-state index contributed by atoms with van der Waals surface area (Å²) in [5.41, 5.74) is 3.87. The van der Waals surface area contributed by atoms with Crippen LogP contribution in [0.4, 0.5) is 24.8 Å². The summed E-state index contributed by atoms with van der Waals surface area (Å²) in [6, 6.07) is 23.0. The van der Waals surface area contributed by atoms with Crippen molar-refractivity contribution in [1.29, 1.82) is 0 Å². The molecule has 19 heteroatoms. The standard InChI is InChI=1S/C23H23N5O3.C20H15F3N6O2.C2H6/c1-15-12-16(2)25-21(13-15)26-23(30)19-14-24-22-9-8-18(27-28(19)22)17-6-3-4-7-20(17)31-11-5-10-29;1-11-16(18(30)26-15-7-9-24-19(27-15)31-2)17-25-14(8-10-29(17)28-11)12-5-3-4-6-13(12)20(21,22)23;1-2/h3-4,6-9,12-14,29H,5,10-11H2,1-2H3,(H,25,26,30);3-10H,1-2H3,(H,24,26,27,30);1-2H3. The third-order valence-electron chi connectivity index (χ3n) is 9.11. The second kappa shape index (κ2) is 20.4. The Bertz CT molecular complexity index is 2900. The molecule has 8 aromatic rings. The number of halogens is 3. The number of benzene rings is 2. The molecule has 0 aliphatic heterocycles.